The molecule has 5 aromatic rings. The Morgan fingerprint density at radius 1 is 0.588 bits per heavy atom. The summed E-state index contributed by atoms with van der Waals surface area (Å²) in [7, 11) is 3.54. The number of aryl methyl sites for hydroxylation is 3. The highest BCUT2D eigenvalue weighted by atomic mass is 16.3. The third-order valence-electron chi connectivity index (χ3n) is 21.6. The molecule has 10 rings (SSSR count). The highest BCUT2D eigenvalue weighted by Crippen LogP contribution is 2.38. The molecule has 12 atom stereocenters. The summed E-state index contributed by atoms with van der Waals surface area (Å²) in [5.74, 6) is -0.251. The van der Waals surface area contributed by atoms with E-state index in [1.54, 1.807) is 11.9 Å². The monoisotopic (exact) mass is 1330 g/mol. The molecular formula is C74H108N16O7. The molecule has 2 aromatic heterocycles. The quantitative estimate of drug-likeness (QED) is 0.0157. The van der Waals surface area contributed by atoms with Crippen LogP contribution in [0.3, 0.4) is 0 Å². The van der Waals surface area contributed by atoms with Crippen molar-refractivity contribution in [3.63, 3.8) is 0 Å². The van der Waals surface area contributed by atoms with Crippen LogP contribution in [0.5, 0.6) is 0 Å². The number of hydrogen-bond acceptors (Lipinski definition) is 15. The first kappa shape index (κ1) is 72.3. The number of likely N-dealkylation sites (N-methyl/N-ethyl adjacent to an activating group) is 2. The number of carbonyl (C=O) groups is 6. The molecule has 6 amide bonds. The number of rotatable bonds is 35. The number of fused-ring (bicyclic) bond motifs is 2. The fraction of sp³-hybridized carbons (Fsp3) is 0.622. The fourth-order valence-electron chi connectivity index (χ4n) is 15.9. The van der Waals surface area contributed by atoms with Crippen LogP contribution in [0.25, 0.3) is 0 Å². The van der Waals surface area contributed by atoms with Crippen LogP contribution in [0.2, 0.25) is 0 Å². The maximum atomic E-state index is 14.9. The third-order valence-corrected chi connectivity index (χ3v) is 21.6. The van der Waals surface area contributed by atoms with Crippen molar-refractivity contribution in [2.75, 3.05) is 27.2 Å². The van der Waals surface area contributed by atoms with Crippen LogP contribution >= 0.6 is 0 Å². The fourth-order valence-corrected chi connectivity index (χ4v) is 15.9. The van der Waals surface area contributed by atoms with Gasteiger partial charge in [0.15, 0.2) is 0 Å². The van der Waals surface area contributed by atoms with Gasteiger partial charge in [-0.15, -0.1) is 10.2 Å². The van der Waals surface area contributed by atoms with Crippen molar-refractivity contribution in [1.29, 1.82) is 0 Å². The zero-order valence-electron chi connectivity index (χ0n) is 57.7. The number of aliphatic hydroxyl groups is 1. The van der Waals surface area contributed by atoms with E-state index in [-0.39, 0.29) is 78.4 Å². The van der Waals surface area contributed by atoms with E-state index in [1.807, 2.05) is 126 Å². The molecule has 9 N–H and O–H groups in total. The average Bonchev–Trinajstić information content (AvgIpc) is 1.66. The lowest BCUT2D eigenvalue weighted by atomic mass is 9.78. The minimum absolute atomic E-state index is 0.0762. The van der Waals surface area contributed by atoms with Crippen molar-refractivity contribution < 1.29 is 33.9 Å². The van der Waals surface area contributed by atoms with Crippen molar-refractivity contribution >= 4 is 35.4 Å². The highest BCUT2D eigenvalue weighted by Gasteiger charge is 2.50. The molecule has 23 heteroatoms. The van der Waals surface area contributed by atoms with Crippen LogP contribution in [0, 0.1) is 23.7 Å². The topological polar surface area (TPSA) is 287 Å². The predicted molar refractivity (Wildman–Crippen MR) is 371 cm³/mol. The molecule has 0 radical (unpaired) electrons. The van der Waals surface area contributed by atoms with Gasteiger partial charge in [0.05, 0.1) is 30.0 Å². The van der Waals surface area contributed by atoms with E-state index in [9.17, 15) is 33.9 Å². The molecule has 3 aromatic carbocycles. The van der Waals surface area contributed by atoms with E-state index in [4.69, 9.17) is 0 Å². The summed E-state index contributed by atoms with van der Waals surface area (Å²) in [6, 6.07) is 25.4. The van der Waals surface area contributed by atoms with Gasteiger partial charge in [-0.1, -0.05) is 167 Å². The number of aromatic nitrogens is 6. The lowest BCUT2D eigenvalue weighted by Gasteiger charge is -2.35. The highest BCUT2D eigenvalue weighted by molar-refractivity contribution is 5.94. The zero-order valence-corrected chi connectivity index (χ0v) is 57.7. The lowest BCUT2D eigenvalue weighted by Crippen LogP contribution is -2.60. The predicted octanol–water partition coefficient (Wildman–Crippen LogP) is 6.37. The van der Waals surface area contributed by atoms with Crippen LogP contribution in [0.4, 0.5) is 0 Å². The van der Waals surface area contributed by atoms with Gasteiger partial charge in [0.25, 0.3) is 0 Å². The largest absolute Gasteiger partial charge is 0.377 e. The molecule has 4 saturated heterocycles. The van der Waals surface area contributed by atoms with Crippen LogP contribution in [0.15, 0.2) is 103 Å². The van der Waals surface area contributed by atoms with E-state index in [1.165, 1.54) is 38.5 Å². The number of unbranched alkanes of at least 4 members (excludes halogenated alkanes) is 2. The Labute approximate surface area is 573 Å². The number of benzene rings is 3. The molecule has 4 aliphatic heterocycles. The minimum Gasteiger partial charge on any atom is -0.377 e. The van der Waals surface area contributed by atoms with E-state index in [2.05, 4.69) is 75.3 Å². The second-order valence-electron chi connectivity index (χ2n) is 28.0. The van der Waals surface area contributed by atoms with Crippen molar-refractivity contribution in [3.05, 3.63) is 131 Å². The molecule has 6 heterocycles. The van der Waals surface area contributed by atoms with Gasteiger partial charge in [0, 0.05) is 82.4 Å². The van der Waals surface area contributed by atoms with Gasteiger partial charge in [0.1, 0.15) is 30.0 Å². The van der Waals surface area contributed by atoms with E-state index in [0.717, 1.165) is 92.3 Å². The van der Waals surface area contributed by atoms with Crippen molar-refractivity contribution in [1.82, 2.24) is 82.3 Å². The molecular weight excluding hydrogens is 1220 g/mol. The average molecular weight is 1330 g/mol. The summed E-state index contributed by atoms with van der Waals surface area (Å²) in [5, 5.41) is 55.0. The smallest absolute Gasteiger partial charge is 0.246 e. The SMILES string of the molecule is CC[C@H](NC)C(=O)N[C@@H]1C(=O)N2[C@@H](CC[C@@H]1CNC(=O)CCc1cn(CCCCC3CCC(CCCCn4cc([C@@H](NC(=O)[C@@H]5CC[C@@H]6CC[C@H](CNCc7ccccc7)[C@H](NC(O)[C@H](CC)NC)C(=O)N65)c5ccccc5)nn4)CC3)nn1)CC[C@H]2C(=O)NCc1ccccc1. The zero-order chi connectivity index (χ0) is 68.0. The van der Waals surface area contributed by atoms with Crippen LogP contribution < -0.4 is 42.5 Å². The number of amides is 6. The molecule has 1 saturated carbocycles. The molecule has 23 nitrogen and oxygen atoms in total. The first-order chi connectivity index (χ1) is 47.3. The van der Waals surface area contributed by atoms with Gasteiger partial charge < -0.3 is 52.1 Å². The van der Waals surface area contributed by atoms with Crippen molar-refractivity contribution in [2.24, 2.45) is 23.7 Å². The van der Waals surface area contributed by atoms with E-state index in [0.29, 0.717) is 76.7 Å². The van der Waals surface area contributed by atoms with Gasteiger partial charge in [-0.05, 0) is 126 Å². The third kappa shape index (κ3) is 19.7. The number of carbonyl (C=O) groups excluding carboxylic acids is 6. The Balaban J connectivity index is 0.627. The molecule has 526 valence electrons. The number of nitrogens with zero attached hydrogens (tertiary/aromatic N) is 8. The van der Waals surface area contributed by atoms with Crippen molar-refractivity contribution in [2.45, 2.75) is 242 Å². The second-order valence-corrected chi connectivity index (χ2v) is 28.0. The van der Waals surface area contributed by atoms with Crippen LogP contribution in [-0.2, 0) is 61.4 Å². The Kier molecular flexibility index (Phi) is 27.1. The normalized spacial score (nSPS) is 24.7. The van der Waals surface area contributed by atoms with Gasteiger partial charge in [0.2, 0.25) is 35.4 Å². The molecule has 1 unspecified atom stereocenters. The molecule has 0 bridgehead atoms. The standard InChI is InChI=1S/C74H108N16O7/c1-5-60(75-3)69(92)81-67-55(46-77-44-52-22-10-7-11-23-52)32-35-59-38-40-64(90(59)73(67)96)72(95)80-66(54-26-14-9-15-27-54)62-49-88(86-84-62)43-19-17-21-51-30-28-50(29-31-51)20-16-18-42-87-48-57(83-85-87)34-41-65(91)78-47-56-33-36-58-37-39-63(71(94)79-45-53-24-12-8-13-25-53)89(58)74(97)68(56)82-70(93)61(6-2)76-4/h7-15,22-27,48-51,55-56,58-61,63-64,66-69,75-77,81,92H,5-6,16-21,28-47H2,1-4H3,(H,78,91)(H,79,94)(H,80,95)(H,82,93)/t50?,51?,55-,56-,58+,59+,60+,61+,63+,64+,66+,67+,68+,69?/m1/s1. The van der Waals surface area contributed by atoms with Gasteiger partial charge in [-0.3, -0.25) is 43.4 Å². The Bertz CT molecular complexity index is 3270. The van der Waals surface area contributed by atoms with Gasteiger partial charge in [-0.25, -0.2) is 0 Å². The summed E-state index contributed by atoms with van der Waals surface area (Å²) in [6.07, 6.45) is 21.8. The number of aliphatic hydroxyl groups excluding tert-OH is 1. The molecule has 5 aliphatic rings. The molecule has 1 aliphatic carbocycles. The minimum atomic E-state index is -0.953. The summed E-state index contributed by atoms with van der Waals surface area (Å²) in [5.41, 5.74) is 4.43. The summed E-state index contributed by atoms with van der Waals surface area (Å²) in [4.78, 5) is 88.1. The maximum Gasteiger partial charge on any atom is 0.246 e. The summed E-state index contributed by atoms with van der Waals surface area (Å²) < 4.78 is 3.78. The van der Waals surface area contributed by atoms with E-state index >= 15 is 0 Å². The second kappa shape index (κ2) is 36.4. The maximum absolute atomic E-state index is 14.9. The van der Waals surface area contributed by atoms with Crippen LogP contribution in [0.1, 0.15) is 183 Å². The summed E-state index contributed by atoms with van der Waals surface area (Å²) in [6.45, 7) is 7.25. The summed E-state index contributed by atoms with van der Waals surface area (Å²) >= 11 is 0. The molecule has 97 heavy (non-hydrogen) atoms. The first-order valence-corrected chi connectivity index (χ1v) is 36.5. The van der Waals surface area contributed by atoms with Gasteiger partial charge >= 0.3 is 0 Å². The molecule has 5 fully saturated rings. The van der Waals surface area contributed by atoms with Gasteiger partial charge in [-0.2, -0.15) is 0 Å². The Morgan fingerprint density at radius 2 is 1.14 bits per heavy atom. The lowest BCUT2D eigenvalue weighted by molar-refractivity contribution is -0.143. The number of hydrogen-bond donors (Lipinski definition) is 9. The van der Waals surface area contributed by atoms with Crippen LogP contribution in [-0.4, -0.2) is 162 Å². The first-order valence-electron chi connectivity index (χ1n) is 36.5. The Hall–Kier alpha value is -7.44. The Morgan fingerprint density at radius 3 is 1.74 bits per heavy atom. The van der Waals surface area contributed by atoms with Crippen molar-refractivity contribution in [3.8, 4) is 0 Å². The molecule has 0 spiro atoms. The number of nitrogens with one attached hydrogen (secondary N) is 8. The van der Waals surface area contributed by atoms with E-state index < -0.39 is 42.5 Å².